The Balaban J connectivity index is 1.66. The van der Waals surface area contributed by atoms with Gasteiger partial charge in [-0.25, -0.2) is 4.39 Å². The molecule has 0 atom stereocenters. The lowest BCUT2D eigenvalue weighted by atomic mass is 10.0. The van der Waals surface area contributed by atoms with E-state index in [9.17, 15) is 4.39 Å². The summed E-state index contributed by atoms with van der Waals surface area (Å²) in [6.07, 6.45) is 1.79. The highest BCUT2D eigenvalue weighted by atomic mass is 19.1. The van der Waals surface area contributed by atoms with Crippen LogP contribution in [0.2, 0.25) is 0 Å². The summed E-state index contributed by atoms with van der Waals surface area (Å²) in [5.74, 6) is 0.470. The first-order valence-electron chi connectivity index (χ1n) is 8.06. The van der Waals surface area contributed by atoms with E-state index in [0.29, 0.717) is 17.9 Å². The molecule has 0 unspecified atom stereocenters. The maximum Gasteiger partial charge on any atom is 0.130 e. The molecule has 0 aliphatic rings. The summed E-state index contributed by atoms with van der Waals surface area (Å²) in [7, 11) is 0. The topological polar surface area (TPSA) is 22.1 Å². The van der Waals surface area contributed by atoms with Crippen molar-refractivity contribution in [3.63, 3.8) is 0 Å². The minimum atomic E-state index is -0.222. The zero-order valence-electron chi connectivity index (χ0n) is 13.9. The number of rotatable bonds is 5. The van der Waals surface area contributed by atoms with Crippen molar-refractivity contribution >= 4 is 0 Å². The van der Waals surface area contributed by atoms with Gasteiger partial charge in [-0.15, -0.1) is 0 Å². The van der Waals surface area contributed by atoms with Gasteiger partial charge in [-0.2, -0.15) is 0 Å². The van der Waals surface area contributed by atoms with E-state index in [0.717, 1.165) is 16.8 Å². The SMILES string of the molecule is CC(C)c1ccc(OCc2ccc(-c3ccccc3)nc2)cc1F. The summed E-state index contributed by atoms with van der Waals surface area (Å²) < 4.78 is 19.6. The van der Waals surface area contributed by atoms with E-state index in [-0.39, 0.29) is 11.7 Å². The first-order valence-corrected chi connectivity index (χ1v) is 8.06. The van der Waals surface area contributed by atoms with Crippen LogP contribution in [0, 0.1) is 5.82 Å². The predicted octanol–water partition coefficient (Wildman–Crippen LogP) is 5.59. The maximum absolute atomic E-state index is 14.0. The van der Waals surface area contributed by atoms with Crippen molar-refractivity contribution in [2.45, 2.75) is 26.4 Å². The van der Waals surface area contributed by atoms with Crippen LogP contribution in [0.15, 0.2) is 66.9 Å². The first-order chi connectivity index (χ1) is 11.6. The van der Waals surface area contributed by atoms with Gasteiger partial charge < -0.3 is 4.74 Å². The molecule has 0 bridgehead atoms. The fourth-order valence-electron chi connectivity index (χ4n) is 2.52. The molecule has 0 aliphatic heterocycles. The van der Waals surface area contributed by atoms with Gasteiger partial charge in [-0.05, 0) is 23.6 Å². The van der Waals surface area contributed by atoms with Crippen molar-refractivity contribution in [1.29, 1.82) is 0 Å². The number of pyridine rings is 1. The lowest BCUT2D eigenvalue weighted by Crippen LogP contribution is -1.99. The molecule has 2 nitrogen and oxygen atoms in total. The number of hydrogen-bond acceptors (Lipinski definition) is 2. The summed E-state index contributed by atoms with van der Waals surface area (Å²) in [4.78, 5) is 4.46. The molecule has 2 aromatic carbocycles. The summed E-state index contributed by atoms with van der Waals surface area (Å²) >= 11 is 0. The van der Waals surface area contributed by atoms with Gasteiger partial charge in [0.25, 0.3) is 0 Å². The molecule has 0 saturated carbocycles. The molecule has 1 aromatic heterocycles. The van der Waals surface area contributed by atoms with Crippen LogP contribution < -0.4 is 4.74 Å². The van der Waals surface area contributed by atoms with Gasteiger partial charge in [0.05, 0.1) is 5.69 Å². The smallest absolute Gasteiger partial charge is 0.130 e. The van der Waals surface area contributed by atoms with Crippen LogP contribution in [0.25, 0.3) is 11.3 Å². The number of ether oxygens (including phenoxy) is 1. The molecule has 0 N–H and O–H groups in total. The van der Waals surface area contributed by atoms with E-state index >= 15 is 0 Å². The minimum Gasteiger partial charge on any atom is -0.489 e. The first kappa shape index (κ1) is 16.2. The molecule has 3 aromatic rings. The van der Waals surface area contributed by atoms with E-state index in [1.165, 1.54) is 6.07 Å². The number of aromatic nitrogens is 1. The predicted molar refractivity (Wildman–Crippen MR) is 94.5 cm³/mol. The third-order valence-electron chi connectivity index (χ3n) is 3.89. The Kier molecular flexibility index (Phi) is 4.90. The second-order valence-corrected chi connectivity index (χ2v) is 6.04. The molecule has 122 valence electrons. The fourth-order valence-corrected chi connectivity index (χ4v) is 2.52. The summed E-state index contributed by atoms with van der Waals surface area (Å²) in [5.41, 5.74) is 3.65. The molecule has 3 heteroatoms. The highest BCUT2D eigenvalue weighted by Crippen LogP contribution is 2.23. The summed E-state index contributed by atoms with van der Waals surface area (Å²) in [6.45, 7) is 4.31. The van der Waals surface area contributed by atoms with Crippen molar-refractivity contribution in [2.75, 3.05) is 0 Å². The molecule has 3 rings (SSSR count). The average molecular weight is 321 g/mol. The average Bonchev–Trinajstić information content (AvgIpc) is 2.61. The zero-order chi connectivity index (χ0) is 16.9. The summed E-state index contributed by atoms with van der Waals surface area (Å²) in [5, 5.41) is 0. The Morgan fingerprint density at radius 3 is 2.42 bits per heavy atom. The molecule has 0 saturated heterocycles. The molecule has 0 spiro atoms. The third-order valence-corrected chi connectivity index (χ3v) is 3.89. The maximum atomic E-state index is 14.0. The molecule has 0 fully saturated rings. The van der Waals surface area contributed by atoms with Gasteiger partial charge in [0.1, 0.15) is 18.2 Å². The van der Waals surface area contributed by atoms with Crippen LogP contribution in [0.5, 0.6) is 5.75 Å². The van der Waals surface area contributed by atoms with Gasteiger partial charge in [0.2, 0.25) is 0 Å². The van der Waals surface area contributed by atoms with E-state index in [1.54, 1.807) is 12.3 Å². The summed E-state index contributed by atoms with van der Waals surface area (Å²) in [6, 6.07) is 19.0. The molecular formula is C21H20FNO. The van der Waals surface area contributed by atoms with E-state index < -0.39 is 0 Å². The van der Waals surface area contributed by atoms with Gasteiger partial charge in [-0.1, -0.05) is 56.3 Å². The van der Waals surface area contributed by atoms with Gasteiger partial charge in [0.15, 0.2) is 0 Å². The van der Waals surface area contributed by atoms with Crippen molar-refractivity contribution in [3.05, 3.63) is 83.8 Å². The van der Waals surface area contributed by atoms with Crippen molar-refractivity contribution in [2.24, 2.45) is 0 Å². The molecule has 0 aliphatic carbocycles. The van der Waals surface area contributed by atoms with Crippen molar-refractivity contribution in [1.82, 2.24) is 4.98 Å². The van der Waals surface area contributed by atoms with E-state index in [2.05, 4.69) is 4.98 Å². The van der Waals surface area contributed by atoms with Crippen LogP contribution in [-0.2, 0) is 6.61 Å². The Morgan fingerprint density at radius 1 is 1.00 bits per heavy atom. The quantitative estimate of drug-likeness (QED) is 0.611. The van der Waals surface area contributed by atoms with Crippen LogP contribution >= 0.6 is 0 Å². The Bertz CT molecular complexity index is 798. The second kappa shape index (κ2) is 7.26. The molecule has 24 heavy (non-hydrogen) atoms. The monoisotopic (exact) mass is 321 g/mol. The highest BCUT2D eigenvalue weighted by molar-refractivity contribution is 5.58. The minimum absolute atomic E-state index is 0.161. The van der Waals surface area contributed by atoms with Crippen LogP contribution in [0.3, 0.4) is 0 Å². The number of halogens is 1. The number of hydrogen-bond donors (Lipinski definition) is 0. The molecular weight excluding hydrogens is 301 g/mol. The molecule has 0 radical (unpaired) electrons. The third kappa shape index (κ3) is 3.80. The van der Waals surface area contributed by atoms with Crippen LogP contribution in [0.1, 0.15) is 30.9 Å². The largest absolute Gasteiger partial charge is 0.489 e. The highest BCUT2D eigenvalue weighted by Gasteiger charge is 2.08. The Hall–Kier alpha value is -2.68. The zero-order valence-corrected chi connectivity index (χ0v) is 13.9. The lowest BCUT2D eigenvalue weighted by molar-refractivity contribution is 0.304. The Morgan fingerprint density at radius 2 is 1.79 bits per heavy atom. The molecule has 0 amide bonds. The van der Waals surface area contributed by atoms with E-state index in [4.69, 9.17) is 4.74 Å². The lowest BCUT2D eigenvalue weighted by Gasteiger charge is -2.10. The van der Waals surface area contributed by atoms with E-state index in [1.807, 2.05) is 62.4 Å². The van der Waals surface area contributed by atoms with Crippen LogP contribution in [-0.4, -0.2) is 4.98 Å². The van der Waals surface area contributed by atoms with Gasteiger partial charge in [0, 0.05) is 23.4 Å². The van der Waals surface area contributed by atoms with Crippen molar-refractivity contribution < 1.29 is 9.13 Å². The fraction of sp³-hybridized carbons (Fsp3) is 0.190. The Labute approximate surface area is 142 Å². The van der Waals surface area contributed by atoms with Gasteiger partial charge >= 0.3 is 0 Å². The molecule has 1 heterocycles. The van der Waals surface area contributed by atoms with Gasteiger partial charge in [-0.3, -0.25) is 4.98 Å². The van der Waals surface area contributed by atoms with Crippen molar-refractivity contribution in [3.8, 4) is 17.0 Å². The number of nitrogens with zero attached hydrogens (tertiary/aromatic N) is 1. The second-order valence-electron chi connectivity index (χ2n) is 6.04. The normalized spacial score (nSPS) is 10.8. The standard InChI is InChI=1S/C21H20FNO/c1-15(2)19-10-9-18(12-20(19)22)24-14-16-8-11-21(23-13-16)17-6-4-3-5-7-17/h3-13,15H,14H2,1-2H3. The number of benzene rings is 2. The van der Waals surface area contributed by atoms with Crippen LogP contribution in [0.4, 0.5) is 4.39 Å².